The van der Waals surface area contributed by atoms with Crippen LogP contribution in [0.5, 0.6) is 0 Å². The minimum Gasteiger partial charge on any atom is -0.382 e. The van der Waals surface area contributed by atoms with Crippen molar-refractivity contribution in [3.05, 3.63) is 48.5 Å². The lowest BCUT2D eigenvalue weighted by atomic mass is 10.0. The number of aromatic nitrogens is 4. The van der Waals surface area contributed by atoms with Crippen LogP contribution in [0.1, 0.15) is 26.6 Å². The van der Waals surface area contributed by atoms with Crippen LogP contribution in [0.3, 0.4) is 0 Å². The zero-order valence-corrected chi connectivity index (χ0v) is 19.1. The van der Waals surface area contributed by atoms with E-state index in [9.17, 15) is 4.79 Å². The molecule has 4 rings (SSSR count). The van der Waals surface area contributed by atoms with Crippen LogP contribution in [0.25, 0.3) is 33.1 Å². The van der Waals surface area contributed by atoms with Crippen LogP contribution < -0.4 is 16.4 Å². The third-order valence-electron chi connectivity index (χ3n) is 5.25. The third-order valence-corrected chi connectivity index (χ3v) is 5.25. The van der Waals surface area contributed by atoms with Crippen molar-refractivity contribution in [3.63, 3.8) is 0 Å². The summed E-state index contributed by atoms with van der Waals surface area (Å²) in [5.41, 5.74) is 10.6. The second-order valence-electron chi connectivity index (χ2n) is 8.04. The fourth-order valence-corrected chi connectivity index (χ4v) is 3.81. The number of urea groups is 1. The number of anilines is 1. The molecular weight excluding hydrogens is 418 g/mol. The average molecular weight is 448 g/mol. The maximum Gasteiger partial charge on any atom is 0.315 e. The number of pyridine rings is 2. The SMILES string of the molecule is CCOCc1nc2c(N)nc3cc(-c4cccnc4)ccc3c2n1CCNC(=O)NC(C)C. The highest BCUT2D eigenvalue weighted by Crippen LogP contribution is 2.31. The summed E-state index contributed by atoms with van der Waals surface area (Å²) >= 11 is 0. The Bertz CT molecular complexity index is 1270. The Balaban J connectivity index is 1.76. The largest absolute Gasteiger partial charge is 0.382 e. The number of imidazole rings is 1. The molecule has 0 aliphatic heterocycles. The van der Waals surface area contributed by atoms with E-state index in [0.717, 1.165) is 33.4 Å². The van der Waals surface area contributed by atoms with Crippen LogP contribution in [0, 0.1) is 0 Å². The molecule has 4 N–H and O–H groups in total. The van der Waals surface area contributed by atoms with Gasteiger partial charge in [-0.05, 0) is 38.5 Å². The molecule has 0 saturated carbocycles. The van der Waals surface area contributed by atoms with E-state index >= 15 is 0 Å². The topological polar surface area (TPSA) is 120 Å². The highest BCUT2D eigenvalue weighted by Gasteiger charge is 2.18. The van der Waals surface area contributed by atoms with Gasteiger partial charge in [0.05, 0.1) is 11.0 Å². The first-order valence-corrected chi connectivity index (χ1v) is 11.1. The number of hydrogen-bond acceptors (Lipinski definition) is 6. The minimum atomic E-state index is -0.201. The van der Waals surface area contributed by atoms with Crippen molar-refractivity contribution in [2.45, 2.75) is 40.0 Å². The van der Waals surface area contributed by atoms with Crippen LogP contribution in [0.15, 0.2) is 42.7 Å². The highest BCUT2D eigenvalue weighted by molar-refractivity contribution is 6.07. The van der Waals surface area contributed by atoms with Gasteiger partial charge in [-0.1, -0.05) is 18.2 Å². The number of nitrogens with one attached hydrogen (secondary N) is 2. The number of fused-ring (bicyclic) bond motifs is 3. The Kier molecular flexibility index (Phi) is 6.69. The van der Waals surface area contributed by atoms with Gasteiger partial charge in [0, 0.05) is 49.1 Å². The summed E-state index contributed by atoms with van der Waals surface area (Å²) in [6.07, 6.45) is 3.57. The first kappa shape index (κ1) is 22.5. The summed E-state index contributed by atoms with van der Waals surface area (Å²) in [7, 11) is 0. The Morgan fingerprint density at radius 2 is 2.06 bits per heavy atom. The van der Waals surface area contributed by atoms with Crippen LogP contribution in [0.2, 0.25) is 0 Å². The molecule has 3 aromatic heterocycles. The van der Waals surface area contributed by atoms with Crippen molar-refractivity contribution in [2.75, 3.05) is 18.9 Å². The average Bonchev–Trinajstić information content (AvgIpc) is 3.16. The second kappa shape index (κ2) is 9.83. The number of amides is 2. The number of benzene rings is 1. The van der Waals surface area contributed by atoms with E-state index in [1.807, 2.05) is 57.3 Å². The number of carbonyl (C=O) groups excluding carboxylic acids is 1. The van der Waals surface area contributed by atoms with E-state index < -0.39 is 0 Å². The Labute approximate surface area is 192 Å². The normalized spacial score (nSPS) is 11.4. The second-order valence-corrected chi connectivity index (χ2v) is 8.04. The lowest BCUT2D eigenvalue weighted by molar-refractivity contribution is 0.126. The van der Waals surface area contributed by atoms with Gasteiger partial charge < -0.3 is 25.7 Å². The van der Waals surface area contributed by atoms with Gasteiger partial charge in [0.15, 0.2) is 5.82 Å². The van der Waals surface area contributed by atoms with Gasteiger partial charge in [-0.2, -0.15) is 0 Å². The fourth-order valence-electron chi connectivity index (χ4n) is 3.81. The van der Waals surface area contributed by atoms with Crippen molar-refractivity contribution in [3.8, 4) is 11.1 Å². The maximum absolute atomic E-state index is 12.0. The molecule has 4 aromatic rings. The quantitative estimate of drug-likeness (QED) is 0.380. The summed E-state index contributed by atoms with van der Waals surface area (Å²) < 4.78 is 7.71. The summed E-state index contributed by atoms with van der Waals surface area (Å²) in [6, 6.07) is 9.87. The smallest absolute Gasteiger partial charge is 0.315 e. The third kappa shape index (κ3) is 4.88. The van der Waals surface area contributed by atoms with Gasteiger partial charge in [0.1, 0.15) is 17.9 Å². The molecule has 1 aromatic carbocycles. The number of rotatable bonds is 8. The van der Waals surface area contributed by atoms with Crippen molar-refractivity contribution in [2.24, 2.45) is 0 Å². The molecule has 0 radical (unpaired) electrons. The van der Waals surface area contributed by atoms with E-state index in [2.05, 4.69) is 25.2 Å². The molecule has 0 spiro atoms. The van der Waals surface area contributed by atoms with Crippen molar-refractivity contribution >= 4 is 33.8 Å². The molecule has 33 heavy (non-hydrogen) atoms. The van der Waals surface area contributed by atoms with Crippen molar-refractivity contribution < 1.29 is 9.53 Å². The molecule has 9 heteroatoms. The Morgan fingerprint density at radius 1 is 1.21 bits per heavy atom. The Hall–Kier alpha value is -3.72. The van der Waals surface area contributed by atoms with Crippen molar-refractivity contribution in [1.82, 2.24) is 30.2 Å². The van der Waals surface area contributed by atoms with Crippen LogP contribution in [-0.4, -0.2) is 44.7 Å². The lowest BCUT2D eigenvalue weighted by Crippen LogP contribution is -2.40. The monoisotopic (exact) mass is 447 g/mol. The Morgan fingerprint density at radius 3 is 2.79 bits per heavy atom. The molecule has 0 atom stereocenters. The molecule has 0 aliphatic carbocycles. The van der Waals surface area contributed by atoms with E-state index in [4.69, 9.17) is 15.5 Å². The summed E-state index contributed by atoms with van der Waals surface area (Å²) in [5, 5.41) is 6.67. The molecule has 0 saturated heterocycles. The molecule has 2 amide bonds. The predicted molar refractivity (Wildman–Crippen MR) is 130 cm³/mol. The molecule has 3 heterocycles. The first-order chi connectivity index (χ1) is 16.0. The van der Waals surface area contributed by atoms with Gasteiger partial charge in [0.25, 0.3) is 0 Å². The number of nitrogen functional groups attached to an aromatic ring is 1. The van der Waals surface area contributed by atoms with Crippen molar-refractivity contribution in [1.29, 1.82) is 0 Å². The zero-order chi connectivity index (χ0) is 23.4. The van der Waals surface area contributed by atoms with E-state index in [0.29, 0.717) is 37.6 Å². The molecule has 0 bridgehead atoms. The number of ether oxygens (including phenoxy) is 1. The summed E-state index contributed by atoms with van der Waals surface area (Å²) in [5.74, 6) is 1.11. The highest BCUT2D eigenvalue weighted by atomic mass is 16.5. The van der Waals surface area contributed by atoms with Crippen LogP contribution >= 0.6 is 0 Å². The predicted octanol–water partition coefficient (Wildman–Crippen LogP) is 3.47. The molecular formula is C24H29N7O2. The lowest BCUT2D eigenvalue weighted by Gasteiger charge is -2.13. The first-order valence-electron chi connectivity index (χ1n) is 11.1. The van der Waals surface area contributed by atoms with Gasteiger partial charge >= 0.3 is 6.03 Å². The van der Waals surface area contributed by atoms with Crippen LogP contribution in [-0.2, 0) is 17.9 Å². The number of nitrogens with two attached hydrogens (primary N) is 1. The molecule has 9 nitrogen and oxygen atoms in total. The van der Waals surface area contributed by atoms with E-state index in [-0.39, 0.29) is 12.1 Å². The maximum atomic E-state index is 12.0. The standard InChI is InChI=1S/C24H29N7O2/c1-4-33-14-20-30-21-22(31(20)11-10-27-24(32)28-15(2)3)18-8-7-16(12-19(18)29-23(21)25)17-6-5-9-26-13-17/h5-9,12-13,15H,4,10-11,14H2,1-3H3,(H2,25,29)(H2,27,28,32). The molecule has 0 aliphatic rings. The molecule has 0 unspecified atom stereocenters. The number of hydrogen-bond donors (Lipinski definition) is 3. The van der Waals surface area contributed by atoms with E-state index in [1.54, 1.807) is 6.20 Å². The number of nitrogens with zero attached hydrogens (tertiary/aromatic N) is 4. The molecule has 172 valence electrons. The van der Waals surface area contributed by atoms with Gasteiger partial charge in [-0.15, -0.1) is 0 Å². The fraction of sp³-hybridized carbons (Fsp3) is 0.333. The zero-order valence-electron chi connectivity index (χ0n) is 19.1. The van der Waals surface area contributed by atoms with Gasteiger partial charge in [-0.3, -0.25) is 4.98 Å². The number of carbonyl (C=O) groups is 1. The summed E-state index contributed by atoms with van der Waals surface area (Å²) in [6.45, 7) is 7.65. The molecule has 0 fully saturated rings. The summed E-state index contributed by atoms with van der Waals surface area (Å²) in [4.78, 5) is 25.6. The van der Waals surface area contributed by atoms with Crippen LogP contribution in [0.4, 0.5) is 10.6 Å². The van der Waals surface area contributed by atoms with E-state index in [1.165, 1.54) is 0 Å². The van der Waals surface area contributed by atoms with Gasteiger partial charge in [0.2, 0.25) is 0 Å². The van der Waals surface area contributed by atoms with Gasteiger partial charge in [-0.25, -0.2) is 14.8 Å². The minimum absolute atomic E-state index is 0.0661.